The Hall–Kier alpha value is -3.50. The van der Waals surface area contributed by atoms with Crippen LogP contribution in [0.15, 0.2) is 36.5 Å². The third-order valence-corrected chi connectivity index (χ3v) is 4.54. The van der Waals surface area contributed by atoms with Crippen LogP contribution in [0.2, 0.25) is 0 Å². The number of halogens is 3. The molecule has 180 valence electrons. The molecule has 0 aliphatic carbocycles. The van der Waals surface area contributed by atoms with E-state index >= 15 is 0 Å². The quantitative estimate of drug-likeness (QED) is 0.549. The first kappa shape index (κ1) is 25.8. The van der Waals surface area contributed by atoms with Crippen LogP contribution in [-0.4, -0.2) is 44.9 Å². The minimum Gasteiger partial charge on any atom is -0.465 e. The topological polar surface area (TPSA) is 101 Å². The van der Waals surface area contributed by atoms with Crippen LogP contribution in [0.25, 0.3) is 0 Å². The molecule has 0 spiro atoms. The van der Waals surface area contributed by atoms with Crippen LogP contribution in [-0.2, 0) is 4.79 Å². The molecule has 1 unspecified atom stereocenters. The second-order valence-corrected chi connectivity index (χ2v) is 8.20. The SMILES string of the molecule is CCC(C(=O)Nc1ccc(Oc2ccc(C)c(OC(F)(F)F)c2)nc1)N(C(=O)O)C(C)(C)C. The van der Waals surface area contributed by atoms with Gasteiger partial charge in [0.1, 0.15) is 17.5 Å². The van der Waals surface area contributed by atoms with Crippen molar-refractivity contribution in [2.45, 2.75) is 59.0 Å². The summed E-state index contributed by atoms with van der Waals surface area (Å²) < 4.78 is 47.0. The standard InChI is InChI=1S/C22H26F3N3O5/c1-6-16(28(20(30)31)21(3,4)5)19(29)27-14-8-10-18(26-12-14)32-15-9-7-13(2)17(11-15)33-22(23,24)25/h7-12,16H,6H2,1-5H3,(H,27,29)(H,30,31). The van der Waals surface area contributed by atoms with Gasteiger partial charge in [0.05, 0.1) is 11.9 Å². The lowest BCUT2D eigenvalue weighted by Gasteiger charge is -2.38. The molecule has 2 rings (SSSR count). The van der Waals surface area contributed by atoms with Gasteiger partial charge in [-0.3, -0.25) is 9.69 Å². The van der Waals surface area contributed by atoms with Gasteiger partial charge in [0.25, 0.3) is 0 Å². The number of amides is 2. The van der Waals surface area contributed by atoms with E-state index < -0.39 is 35.7 Å². The normalized spacial score (nSPS) is 12.6. The summed E-state index contributed by atoms with van der Waals surface area (Å²) in [5.74, 6) is -0.754. The first-order chi connectivity index (χ1) is 15.2. The average Bonchev–Trinajstić information content (AvgIpc) is 2.67. The fourth-order valence-corrected chi connectivity index (χ4v) is 3.11. The van der Waals surface area contributed by atoms with E-state index in [1.807, 2.05) is 0 Å². The smallest absolute Gasteiger partial charge is 0.465 e. The second kappa shape index (κ2) is 9.97. The van der Waals surface area contributed by atoms with Crippen LogP contribution in [0.1, 0.15) is 39.7 Å². The monoisotopic (exact) mass is 469 g/mol. The number of carbonyl (C=O) groups is 2. The second-order valence-electron chi connectivity index (χ2n) is 8.20. The van der Waals surface area contributed by atoms with Crippen molar-refractivity contribution < 1.29 is 37.3 Å². The Morgan fingerprint density at radius 2 is 1.85 bits per heavy atom. The molecule has 0 saturated heterocycles. The molecule has 0 fully saturated rings. The zero-order valence-electron chi connectivity index (χ0n) is 18.9. The highest BCUT2D eigenvalue weighted by molar-refractivity contribution is 5.96. The summed E-state index contributed by atoms with van der Waals surface area (Å²) in [5.41, 5.74) is -0.209. The van der Waals surface area contributed by atoms with E-state index in [-0.39, 0.29) is 23.6 Å². The van der Waals surface area contributed by atoms with Crippen LogP contribution in [0, 0.1) is 6.92 Å². The number of nitrogens with zero attached hydrogens (tertiary/aromatic N) is 2. The molecule has 1 aromatic heterocycles. The largest absolute Gasteiger partial charge is 0.573 e. The van der Waals surface area contributed by atoms with Crippen LogP contribution < -0.4 is 14.8 Å². The molecule has 2 amide bonds. The molecule has 0 radical (unpaired) electrons. The number of hydrogen-bond acceptors (Lipinski definition) is 5. The highest BCUT2D eigenvalue weighted by atomic mass is 19.4. The predicted molar refractivity (Wildman–Crippen MR) is 114 cm³/mol. The molecule has 0 aliphatic rings. The third-order valence-electron chi connectivity index (χ3n) is 4.54. The average molecular weight is 469 g/mol. The van der Waals surface area contributed by atoms with Gasteiger partial charge in [-0.05, 0) is 51.8 Å². The van der Waals surface area contributed by atoms with E-state index in [2.05, 4.69) is 15.0 Å². The summed E-state index contributed by atoms with van der Waals surface area (Å²) in [5, 5.41) is 12.2. The van der Waals surface area contributed by atoms with Crippen LogP contribution in [0.3, 0.4) is 0 Å². The van der Waals surface area contributed by atoms with Crippen LogP contribution >= 0.6 is 0 Å². The molecule has 2 N–H and O–H groups in total. The maximum absolute atomic E-state index is 12.7. The number of aryl methyl sites for hydroxylation is 1. The Morgan fingerprint density at radius 1 is 1.18 bits per heavy atom. The zero-order valence-corrected chi connectivity index (χ0v) is 18.9. The predicted octanol–water partition coefficient (Wildman–Crippen LogP) is 5.58. The number of pyridine rings is 1. The van der Waals surface area contributed by atoms with Crippen molar-refractivity contribution in [1.29, 1.82) is 0 Å². The molecule has 33 heavy (non-hydrogen) atoms. The fourth-order valence-electron chi connectivity index (χ4n) is 3.11. The van der Waals surface area contributed by atoms with E-state index in [9.17, 15) is 27.9 Å². The molecule has 1 atom stereocenters. The Balaban J connectivity index is 2.12. The van der Waals surface area contributed by atoms with E-state index in [0.29, 0.717) is 5.69 Å². The summed E-state index contributed by atoms with van der Waals surface area (Å²) >= 11 is 0. The van der Waals surface area contributed by atoms with Crippen molar-refractivity contribution in [3.05, 3.63) is 42.1 Å². The van der Waals surface area contributed by atoms with Crippen molar-refractivity contribution in [1.82, 2.24) is 9.88 Å². The molecular weight excluding hydrogens is 443 g/mol. The van der Waals surface area contributed by atoms with E-state index in [1.165, 1.54) is 37.4 Å². The van der Waals surface area contributed by atoms with Crippen molar-refractivity contribution in [3.63, 3.8) is 0 Å². The molecular formula is C22H26F3N3O5. The lowest BCUT2D eigenvalue weighted by Crippen LogP contribution is -2.55. The van der Waals surface area contributed by atoms with Gasteiger partial charge >= 0.3 is 12.5 Å². The summed E-state index contributed by atoms with van der Waals surface area (Å²) in [7, 11) is 0. The first-order valence-electron chi connectivity index (χ1n) is 10.0. The number of anilines is 1. The van der Waals surface area contributed by atoms with Gasteiger partial charge in [0, 0.05) is 17.7 Å². The number of ether oxygens (including phenoxy) is 2. The van der Waals surface area contributed by atoms with Gasteiger partial charge in [-0.1, -0.05) is 13.0 Å². The van der Waals surface area contributed by atoms with Gasteiger partial charge < -0.3 is 19.9 Å². The molecule has 2 aromatic rings. The highest BCUT2D eigenvalue weighted by Crippen LogP contribution is 2.31. The number of hydrogen-bond donors (Lipinski definition) is 2. The summed E-state index contributed by atoms with van der Waals surface area (Å²) in [6.07, 6.45) is -4.48. The zero-order chi connectivity index (χ0) is 25.0. The Kier molecular flexibility index (Phi) is 7.78. The minimum atomic E-state index is -4.83. The number of aromatic nitrogens is 1. The number of rotatable bonds is 7. The lowest BCUT2D eigenvalue weighted by molar-refractivity contribution is -0.274. The molecule has 8 nitrogen and oxygen atoms in total. The summed E-state index contributed by atoms with van der Waals surface area (Å²) in [4.78, 5) is 29.5. The molecule has 1 aromatic carbocycles. The third kappa shape index (κ3) is 7.26. The molecule has 0 saturated carbocycles. The number of benzene rings is 1. The van der Waals surface area contributed by atoms with Crippen molar-refractivity contribution >= 4 is 17.7 Å². The highest BCUT2D eigenvalue weighted by Gasteiger charge is 2.36. The molecule has 1 heterocycles. The minimum absolute atomic E-state index is 0.0729. The number of alkyl halides is 3. The van der Waals surface area contributed by atoms with Gasteiger partial charge in [-0.2, -0.15) is 0 Å². The van der Waals surface area contributed by atoms with Crippen molar-refractivity contribution in [3.8, 4) is 17.4 Å². The maximum Gasteiger partial charge on any atom is 0.573 e. The molecule has 0 aliphatic heterocycles. The molecule has 0 bridgehead atoms. The van der Waals surface area contributed by atoms with Crippen LogP contribution in [0.4, 0.5) is 23.7 Å². The first-order valence-corrected chi connectivity index (χ1v) is 10.0. The van der Waals surface area contributed by atoms with Crippen molar-refractivity contribution in [2.75, 3.05) is 5.32 Å². The number of nitrogens with one attached hydrogen (secondary N) is 1. The number of carboxylic acid groups (broad SMARTS) is 1. The Bertz CT molecular complexity index is 988. The van der Waals surface area contributed by atoms with Gasteiger partial charge in [-0.25, -0.2) is 9.78 Å². The maximum atomic E-state index is 12.7. The molecule has 11 heteroatoms. The number of carbonyl (C=O) groups excluding carboxylic acids is 1. The van der Waals surface area contributed by atoms with E-state index in [0.717, 1.165) is 11.0 Å². The van der Waals surface area contributed by atoms with E-state index in [4.69, 9.17) is 4.74 Å². The Morgan fingerprint density at radius 3 is 2.33 bits per heavy atom. The van der Waals surface area contributed by atoms with Gasteiger partial charge in [-0.15, -0.1) is 13.2 Å². The fraction of sp³-hybridized carbons (Fsp3) is 0.409. The van der Waals surface area contributed by atoms with E-state index in [1.54, 1.807) is 27.7 Å². The van der Waals surface area contributed by atoms with Crippen molar-refractivity contribution in [2.24, 2.45) is 0 Å². The summed E-state index contributed by atoms with van der Waals surface area (Å²) in [6, 6.07) is 5.96. The van der Waals surface area contributed by atoms with Gasteiger partial charge in [0.15, 0.2) is 0 Å². The Labute approximate surface area is 189 Å². The van der Waals surface area contributed by atoms with Crippen LogP contribution in [0.5, 0.6) is 17.4 Å². The summed E-state index contributed by atoms with van der Waals surface area (Å²) in [6.45, 7) is 8.26. The lowest BCUT2D eigenvalue weighted by atomic mass is 10.0. The van der Waals surface area contributed by atoms with Gasteiger partial charge in [0.2, 0.25) is 11.8 Å².